The maximum absolute atomic E-state index is 11.2. The molecule has 0 unspecified atom stereocenters. The standard InChI is InChI=1S/C13H24O4.2Li/c1-5-6-7-8-9-13(10(14)15,11(16)17)12(2,3)4;;/h5-9H2,1-4H3,(H,14,15)(H,16,17);;/q;2*+1/p-2. The summed E-state index contributed by atoms with van der Waals surface area (Å²) in [5.74, 6) is -3.08. The Morgan fingerprint density at radius 1 is 0.895 bits per heavy atom. The van der Waals surface area contributed by atoms with Crippen molar-refractivity contribution in [3.63, 3.8) is 0 Å². The SMILES string of the molecule is CCCCCCC(C(=O)[O-])(C(=O)[O-])C(C)(C)C.[Li+].[Li+]. The average molecular weight is 256 g/mol. The summed E-state index contributed by atoms with van der Waals surface area (Å²) in [7, 11) is 0. The first-order chi connectivity index (χ1) is 7.70. The van der Waals surface area contributed by atoms with Gasteiger partial charge in [-0.25, -0.2) is 0 Å². The van der Waals surface area contributed by atoms with E-state index in [9.17, 15) is 19.8 Å². The van der Waals surface area contributed by atoms with Crippen LogP contribution in [0.5, 0.6) is 0 Å². The molecule has 0 saturated heterocycles. The fourth-order valence-electron chi connectivity index (χ4n) is 2.09. The summed E-state index contributed by atoms with van der Waals surface area (Å²) in [6.45, 7) is 6.82. The minimum absolute atomic E-state index is 0. The Labute approximate surface area is 140 Å². The van der Waals surface area contributed by atoms with Crippen molar-refractivity contribution in [2.45, 2.75) is 59.8 Å². The summed E-state index contributed by atoms with van der Waals surface area (Å²) >= 11 is 0. The van der Waals surface area contributed by atoms with E-state index in [0.717, 1.165) is 19.3 Å². The molecule has 0 spiro atoms. The Bertz CT molecular complexity index is 271. The predicted octanol–water partition coefficient (Wildman–Crippen LogP) is -5.50. The molecule has 100 valence electrons. The van der Waals surface area contributed by atoms with Gasteiger partial charge in [-0.1, -0.05) is 53.4 Å². The van der Waals surface area contributed by atoms with Gasteiger partial charge in [0.2, 0.25) is 0 Å². The van der Waals surface area contributed by atoms with Gasteiger partial charge in [0.25, 0.3) is 0 Å². The second-order valence-corrected chi connectivity index (χ2v) is 5.54. The fraction of sp³-hybridized carbons (Fsp3) is 0.846. The van der Waals surface area contributed by atoms with Crippen LogP contribution in [-0.2, 0) is 9.59 Å². The molecule has 6 heteroatoms. The number of hydrogen-bond donors (Lipinski definition) is 0. The molecule has 0 aromatic rings. The van der Waals surface area contributed by atoms with Crippen LogP contribution in [0.3, 0.4) is 0 Å². The molecular weight excluding hydrogens is 234 g/mol. The third kappa shape index (κ3) is 5.96. The Hall–Kier alpha value is 0.135. The molecule has 0 bridgehead atoms. The van der Waals surface area contributed by atoms with E-state index in [2.05, 4.69) is 0 Å². The third-order valence-electron chi connectivity index (χ3n) is 3.38. The Balaban J connectivity index is -0.00000128. The van der Waals surface area contributed by atoms with Crippen LogP contribution < -0.4 is 47.9 Å². The molecule has 0 aliphatic heterocycles. The predicted molar refractivity (Wildman–Crippen MR) is 60.7 cm³/mol. The zero-order valence-corrected chi connectivity index (χ0v) is 13.2. The van der Waals surface area contributed by atoms with E-state index in [4.69, 9.17) is 0 Å². The maximum Gasteiger partial charge on any atom is 1.00 e. The molecule has 0 atom stereocenters. The van der Waals surface area contributed by atoms with Gasteiger partial charge < -0.3 is 19.8 Å². The molecule has 0 saturated carbocycles. The van der Waals surface area contributed by atoms with Crippen LogP contribution in [0.4, 0.5) is 0 Å². The monoisotopic (exact) mass is 256 g/mol. The van der Waals surface area contributed by atoms with E-state index in [-0.39, 0.29) is 44.1 Å². The fourth-order valence-corrected chi connectivity index (χ4v) is 2.09. The zero-order chi connectivity index (χ0) is 13.7. The van der Waals surface area contributed by atoms with Crippen LogP contribution in [0, 0.1) is 10.8 Å². The first kappa shape index (κ1) is 24.2. The summed E-state index contributed by atoms with van der Waals surface area (Å²) in [5, 5.41) is 22.5. The largest absolute Gasteiger partial charge is 1.00 e. The van der Waals surface area contributed by atoms with Gasteiger partial charge in [-0.3, -0.25) is 0 Å². The molecule has 0 aromatic heterocycles. The van der Waals surface area contributed by atoms with Gasteiger partial charge in [0, 0.05) is 0 Å². The Morgan fingerprint density at radius 2 is 1.32 bits per heavy atom. The molecule has 0 radical (unpaired) electrons. The van der Waals surface area contributed by atoms with Crippen molar-refractivity contribution in [2.75, 3.05) is 0 Å². The van der Waals surface area contributed by atoms with Gasteiger partial charge in [0.15, 0.2) is 0 Å². The van der Waals surface area contributed by atoms with Gasteiger partial charge in [0.1, 0.15) is 0 Å². The van der Waals surface area contributed by atoms with E-state index in [1.807, 2.05) is 6.92 Å². The van der Waals surface area contributed by atoms with Gasteiger partial charge in [0.05, 0.1) is 17.4 Å². The van der Waals surface area contributed by atoms with Crippen LogP contribution >= 0.6 is 0 Å². The van der Waals surface area contributed by atoms with Crippen LogP contribution in [-0.4, -0.2) is 11.9 Å². The van der Waals surface area contributed by atoms with E-state index in [1.165, 1.54) is 0 Å². The number of carbonyl (C=O) groups excluding carboxylic acids is 2. The molecule has 0 rings (SSSR count). The van der Waals surface area contributed by atoms with Crippen molar-refractivity contribution >= 4 is 11.9 Å². The topological polar surface area (TPSA) is 80.3 Å². The van der Waals surface area contributed by atoms with E-state index in [1.54, 1.807) is 20.8 Å². The van der Waals surface area contributed by atoms with E-state index < -0.39 is 22.8 Å². The first-order valence-electron chi connectivity index (χ1n) is 6.13. The van der Waals surface area contributed by atoms with Crippen molar-refractivity contribution in [2.24, 2.45) is 10.8 Å². The second kappa shape index (κ2) is 9.95. The van der Waals surface area contributed by atoms with Crippen LogP contribution in [0.1, 0.15) is 59.8 Å². The van der Waals surface area contributed by atoms with Crippen molar-refractivity contribution in [1.82, 2.24) is 0 Å². The average Bonchev–Trinajstić information content (AvgIpc) is 2.14. The molecule has 0 N–H and O–H groups in total. The minimum atomic E-state index is -1.90. The molecule has 4 nitrogen and oxygen atoms in total. The van der Waals surface area contributed by atoms with Crippen molar-refractivity contribution in [3.05, 3.63) is 0 Å². The first-order valence-corrected chi connectivity index (χ1v) is 6.13. The van der Waals surface area contributed by atoms with Crippen molar-refractivity contribution in [3.8, 4) is 0 Å². The molecular formula is C13H22Li2O4. The molecule has 0 aromatic carbocycles. The molecule has 0 aliphatic rings. The normalized spacial score (nSPS) is 11.2. The number of hydrogen-bond acceptors (Lipinski definition) is 4. The zero-order valence-electron chi connectivity index (χ0n) is 13.2. The summed E-state index contributed by atoms with van der Waals surface area (Å²) < 4.78 is 0. The molecule has 19 heavy (non-hydrogen) atoms. The number of unbranched alkanes of at least 4 members (excludes halogenated alkanes) is 3. The summed E-state index contributed by atoms with van der Waals surface area (Å²) in [4.78, 5) is 22.5. The Morgan fingerprint density at radius 3 is 1.58 bits per heavy atom. The number of carboxylic acids is 2. The van der Waals surface area contributed by atoms with Crippen molar-refractivity contribution in [1.29, 1.82) is 0 Å². The second-order valence-electron chi connectivity index (χ2n) is 5.54. The molecule has 0 aliphatic carbocycles. The maximum atomic E-state index is 11.2. The van der Waals surface area contributed by atoms with Crippen molar-refractivity contribution < 1.29 is 57.5 Å². The third-order valence-corrected chi connectivity index (χ3v) is 3.38. The molecule has 0 fully saturated rings. The number of carbonyl (C=O) groups is 2. The summed E-state index contributed by atoms with van der Waals surface area (Å²) in [6.07, 6.45) is 3.45. The summed E-state index contributed by atoms with van der Waals surface area (Å²) in [5.41, 5.74) is -2.82. The van der Waals surface area contributed by atoms with Crippen LogP contribution in [0.25, 0.3) is 0 Å². The van der Waals surface area contributed by atoms with E-state index in [0.29, 0.717) is 6.42 Å². The van der Waals surface area contributed by atoms with Gasteiger partial charge in [-0.15, -0.1) is 0 Å². The smallest absolute Gasteiger partial charge is 0.549 e. The number of rotatable bonds is 7. The minimum Gasteiger partial charge on any atom is -0.549 e. The quantitative estimate of drug-likeness (QED) is 0.258. The number of carboxylic acid groups (broad SMARTS) is 2. The molecule has 0 amide bonds. The van der Waals surface area contributed by atoms with Gasteiger partial charge in [-0.2, -0.15) is 0 Å². The Kier molecular flexibility index (Phi) is 12.7. The van der Waals surface area contributed by atoms with Gasteiger partial charge >= 0.3 is 37.7 Å². The van der Waals surface area contributed by atoms with Crippen LogP contribution in [0.2, 0.25) is 0 Å². The van der Waals surface area contributed by atoms with Crippen LogP contribution in [0.15, 0.2) is 0 Å². The van der Waals surface area contributed by atoms with Gasteiger partial charge in [-0.05, 0) is 11.8 Å². The van der Waals surface area contributed by atoms with E-state index >= 15 is 0 Å². The molecule has 0 heterocycles. The summed E-state index contributed by atoms with van der Waals surface area (Å²) in [6, 6.07) is 0. The number of aliphatic carboxylic acids is 2.